The second-order valence-corrected chi connectivity index (χ2v) is 4.33. The molecule has 2 bridgehead atoms. The van der Waals surface area contributed by atoms with Crippen LogP contribution in [0.1, 0.15) is 25.7 Å². The topological polar surface area (TPSA) is 17.1 Å². The number of hydrogen-bond donors (Lipinski definition) is 0. The second-order valence-electron chi connectivity index (χ2n) is 4.06. The van der Waals surface area contributed by atoms with E-state index in [9.17, 15) is 4.79 Å². The van der Waals surface area contributed by atoms with Crippen molar-refractivity contribution in [3.63, 3.8) is 0 Å². The highest BCUT2D eigenvalue weighted by Gasteiger charge is 2.50. The van der Waals surface area contributed by atoms with Crippen LogP contribution in [0.25, 0.3) is 0 Å². The van der Waals surface area contributed by atoms with E-state index >= 15 is 0 Å². The zero-order chi connectivity index (χ0) is 7.90. The Hall–Kier alpha value is -0.0400. The molecular formula is C9H13ClO. The summed E-state index contributed by atoms with van der Waals surface area (Å²) in [6.45, 7) is 0. The number of alkyl halides is 1. The maximum Gasteiger partial charge on any atom is 0.127 e. The molecule has 3 unspecified atom stereocenters. The van der Waals surface area contributed by atoms with Gasteiger partial charge in [0, 0.05) is 11.3 Å². The lowest BCUT2D eigenvalue weighted by atomic mass is 9.76. The second kappa shape index (κ2) is 2.48. The first-order chi connectivity index (χ1) is 5.30. The number of carbonyl (C=O) groups excluding carboxylic acids is 1. The van der Waals surface area contributed by atoms with Gasteiger partial charge in [0.15, 0.2) is 0 Å². The Morgan fingerprint density at radius 2 is 2.36 bits per heavy atom. The van der Waals surface area contributed by atoms with E-state index in [0.29, 0.717) is 11.8 Å². The Bertz CT molecular complexity index is 180. The molecule has 0 aromatic heterocycles. The summed E-state index contributed by atoms with van der Waals surface area (Å²) in [4.78, 5) is 10.9. The van der Waals surface area contributed by atoms with Gasteiger partial charge in [-0.3, -0.25) is 0 Å². The number of aldehydes is 1. The van der Waals surface area contributed by atoms with Crippen LogP contribution in [-0.2, 0) is 4.79 Å². The maximum absolute atomic E-state index is 10.9. The predicted octanol–water partition coefficient (Wildman–Crippen LogP) is 2.23. The van der Waals surface area contributed by atoms with Crippen LogP contribution in [0.4, 0.5) is 0 Å². The molecule has 3 atom stereocenters. The van der Waals surface area contributed by atoms with Crippen LogP contribution in [0.2, 0.25) is 0 Å². The van der Waals surface area contributed by atoms with E-state index in [1.807, 2.05) is 0 Å². The Labute approximate surface area is 72.1 Å². The molecular weight excluding hydrogens is 160 g/mol. The molecule has 62 valence electrons. The molecule has 0 aliphatic heterocycles. The van der Waals surface area contributed by atoms with E-state index in [4.69, 9.17) is 11.6 Å². The van der Waals surface area contributed by atoms with E-state index in [-0.39, 0.29) is 5.41 Å². The molecule has 2 saturated carbocycles. The van der Waals surface area contributed by atoms with Gasteiger partial charge in [-0.1, -0.05) is 6.42 Å². The summed E-state index contributed by atoms with van der Waals surface area (Å²) in [5.41, 5.74) is -0.121. The summed E-state index contributed by atoms with van der Waals surface area (Å²) in [5.74, 6) is 1.96. The van der Waals surface area contributed by atoms with Crippen molar-refractivity contribution in [3.05, 3.63) is 0 Å². The highest BCUT2D eigenvalue weighted by Crippen LogP contribution is 2.55. The molecule has 2 rings (SSSR count). The van der Waals surface area contributed by atoms with Gasteiger partial charge >= 0.3 is 0 Å². The van der Waals surface area contributed by atoms with E-state index in [2.05, 4.69) is 0 Å². The lowest BCUT2D eigenvalue weighted by Gasteiger charge is -2.29. The van der Waals surface area contributed by atoms with Crippen molar-refractivity contribution >= 4 is 17.9 Å². The van der Waals surface area contributed by atoms with Gasteiger partial charge in [-0.15, -0.1) is 11.6 Å². The molecule has 2 fully saturated rings. The third-order valence-electron chi connectivity index (χ3n) is 3.51. The molecule has 0 spiro atoms. The molecule has 2 heteroatoms. The van der Waals surface area contributed by atoms with Crippen molar-refractivity contribution in [2.75, 3.05) is 5.88 Å². The van der Waals surface area contributed by atoms with Crippen LogP contribution in [0.3, 0.4) is 0 Å². The zero-order valence-electron chi connectivity index (χ0n) is 6.55. The van der Waals surface area contributed by atoms with E-state index in [0.717, 1.165) is 18.6 Å². The lowest BCUT2D eigenvalue weighted by molar-refractivity contribution is -0.117. The summed E-state index contributed by atoms with van der Waals surface area (Å²) in [7, 11) is 0. The Morgan fingerprint density at radius 3 is 2.64 bits per heavy atom. The molecule has 0 radical (unpaired) electrons. The Balaban J connectivity index is 2.20. The van der Waals surface area contributed by atoms with E-state index in [1.54, 1.807) is 0 Å². The van der Waals surface area contributed by atoms with Gasteiger partial charge in [0.2, 0.25) is 0 Å². The largest absolute Gasteiger partial charge is 0.303 e. The standard InChI is InChI=1S/C9H13ClO/c10-5-9(6-11)4-7-1-2-8(9)3-7/h6-8H,1-5H2. The Kier molecular flexibility index (Phi) is 1.71. The van der Waals surface area contributed by atoms with Crippen LogP contribution in [-0.4, -0.2) is 12.2 Å². The molecule has 0 amide bonds. The number of hydrogen-bond acceptors (Lipinski definition) is 1. The van der Waals surface area contributed by atoms with Crippen LogP contribution in [0.5, 0.6) is 0 Å². The first-order valence-corrected chi connectivity index (χ1v) is 4.86. The summed E-state index contributed by atoms with van der Waals surface area (Å²) in [5, 5.41) is 0. The molecule has 1 nitrogen and oxygen atoms in total. The molecule has 2 aliphatic carbocycles. The first-order valence-electron chi connectivity index (χ1n) is 4.33. The van der Waals surface area contributed by atoms with Crippen molar-refractivity contribution < 1.29 is 4.79 Å². The minimum Gasteiger partial charge on any atom is -0.303 e. The number of halogens is 1. The third-order valence-corrected chi connectivity index (χ3v) is 4.00. The Morgan fingerprint density at radius 1 is 1.55 bits per heavy atom. The van der Waals surface area contributed by atoms with Gasteiger partial charge in [-0.25, -0.2) is 0 Å². The van der Waals surface area contributed by atoms with Gasteiger partial charge in [-0.2, -0.15) is 0 Å². The van der Waals surface area contributed by atoms with Crippen molar-refractivity contribution in [3.8, 4) is 0 Å². The fourth-order valence-corrected chi connectivity index (χ4v) is 3.22. The average molecular weight is 173 g/mol. The molecule has 0 N–H and O–H groups in total. The fourth-order valence-electron chi connectivity index (χ4n) is 2.83. The molecule has 2 aliphatic rings. The third kappa shape index (κ3) is 0.936. The maximum atomic E-state index is 10.9. The SMILES string of the molecule is O=CC1(CCl)CC2CCC1C2. The van der Waals surface area contributed by atoms with E-state index < -0.39 is 0 Å². The fraction of sp³-hybridized carbons (Fsp3) is 0.889. The number of carbonyl (C=O) groups is 1. The van der Waals surface area contributed by atoms with Crippen molar-refractivity contribution in [2.45, 2.75) is 25.7 Å². The van der Waals surface area contributed by atoms with Crippen molar-refractivity contribution in [1.29, 1.82) is 0 Å². The minimum absolute atomic E-state index is 0.121. The van der Waals surface area contributed by atoms with Gasteiger partial charge in [-0.05, 0) is 31.1 Å². The lowest BCUT2D eigenvalue weighted by Crippen LogP contribution is -2.31. The zero-order valence-corrected chi connectivity index (χ0v) is 7.31. The summed E-state index contributed by atoms with van der Waals surface area (Å²) >= 11 is 5.83. The average Bonchev–Trinajstić information content (AvgIpc) is 2.62. The highest BCUT2D eigenvalue weighted by molar-refractivity contribution is 6.19. The van der Waals surface area contributed by atoms with Gasteiger partial charge in [0.1, 0.15) is 6.29 Å². The summed E-state index contributed by atoms with van der Waals surface area (Å²) in [6.07, 6.45) is 5.99. The molecule has 0 aromatic rings. The summed E-state index contributed by atoms with van der Waals surface area (Å²) in [6, 6.07) is 0. The van der Waals surface area contributed by atoms with Gasteiger partial charge < -0.3 is 4.79 Å². The molecule has 0 heterocycles. The summed E-state index contributed by atoms with van der Waals surface area (Å²) < 4.78 is 0. The van der Waals surface area contributed by atoms with Crippen molar-refractivity contribution in [2.24, 2.45) is 17.3 Å². The van der Waals surface area contributed by atoms with Crippen LogP contribution >= 0.6 is 11.6 Å². The smallest absolute Gasteiger partial charge is 0.127 e. The van der Waals surface area contributed by atoms with Crippen LogP contribution in [0.15, 0.2) is 0 Å². The molecule has 0 saturated heterocycles. The minimum atomic E-state index is -0.121. The number of rotatable bonds is 2. The molecule has 11 heavy (non-hydrogen) atoms. The quantitative estimate of drug-likeness (QED) is 0.461. The van der Waals surface area contributed by atoms with Crippen molar-refractivity contribution in [1.82, 2.24) is 0 Å². The van der Waals surface area contributed by atoms with Gasteiger partial charge in [0.25, 0.3) is 0 Å². The molecule has 0 aromatic carbocycles. The van der Waals surface area contributed by atoms with E-state index in [1.165, 1.54) is 19.3 Å². The predicted molar refractivity (Wildman–Crippen MR) is 44.7 cm³/mol. The monoisotopic (exact) mass is 172 g/mol. The van der Waals surface area contributed by atoms with Gasteiger partial charge in [0.05, 0.1) is 0 Å². The number of fused-ring (bicyclic) bond motifs is 2. The van der Waals surface area contributed by atoms with Crippen LogP contribution < -0.4 is 0 Å². The normalized spacial score (nSPS) is 48.1. The van der Waals surface area contributed by atoms with Crippen LogP contribution in [0, 0.1) is 17.3 Å². The highest BCUT2D eigenvalue weighted by atomic mass is 35.5. The first kappa shape index (κ1) is 7.60.